The van der Waals surface area contributed by atoms with Crippen molar-refractivity contribution < 1.29 is 9.52 Å². The quantitative estimate of drug-likeness (QED) is 0.482. The summed E-state index contributed by atoms with van der Waals surface area (Å²) in [7, 11) is 0. The van der Waals surface area contributed by atoms with E-state index in [4.69, 9.17) is 4.42 Å². The van der Waals surface area contributed by atoms with Crippen molar-refractivity contribution in [3.05, 3.63) is 60.1 Å². The van der Waals surface area contributed by atoms with Crippen LogP contribution in [0.3, 0.4) is 0 Å². The molecule has 1 aromatic carbocycles. The molecule has 3 rings (SSSR count). The van der Waals surface area contributed by atoms with Crippen LogP contribution in [0, 0.1) is 0 Å². The fraction of sp³-hybridized carbons (Fsp3) is 0.500. The first-order valence-electron chi connectivity index (χ1n) is 10.2. The summed E-state index contributed by atoms with van der Waals surface area (Å²) in [6, 6.07) is 14.5. The van der Waals surface area contributed by atoms with Crippen LogP contribution in [0.2, 0.25) is 0 Å². The lowest BCUT2D eigenvalue weighted by molar-refractivity contribution is 0.0437. The maximum absolute atomic E-state index is 10.7. The minimum absolute atomic E-state index is 0.218. The van der Waals surface area contributed by atoms with Crippen LogP contribution < -0.4 is 10.6 Å². The summed E-state index contributed by atoms with van der Waals surface area (Å²) in [4.78, 5) is 7.13. The molecular weight excluding hydrogens is 352 g/mol. The van der Waals surface area contributed by atoms with E-state index in [9.17, 15) is 5.11 Å². The van der Waals surface area contributed by atoms with Gasteiger partial charge < -0.3 is 20.2 Å². The van der Waals surface area contributed by atoms with Gasteiger partial charge in [-0.05, 0) is 57.5 Å². The van der Waals surface area contributed by atoms with Gasteiger partial charge in [-0.2, -0.15) is 0 Å². The smallest absolute Gasteiger partial charge is 0.191 e. The lowest BCUT2D eigenvalue weighted by Crippen LogP contribution is -2.43. The van der Waals surface area contributed by atoms with Crippen molar-refractivity contribution in [1.82, 2.24) is 15.5 Å². The number of likely N-dealkylation sites (tertiary alicyclic amines) is 1. The molecule has 1 aromatic heterocycles. The van der Waals surface area contributed by atoms with Crippen LogP contribution in [0.1, 0.15) is 44.1 Å². The second kappa shape index (κ2) is 9.75. The van der Waals surface area contributed by atoms with Crippen molar-refractivity contribution in [2.45, 2.75) is 38.3 Å². The number of aliphatic hydroxyl groups is 1. The lowest BCUT2D eigenvalue weighted by Gasteiger charge is -2.29. The molecule has 2 atom stereocenters. The normalized spacial score (nSPS) is 18.6. The van der Waals surface area contributed by atoms with E-state index in [1.807, 2.05) is 6.92 Å². The molecule has 1 fully saturated rings. The van der Waals surface area contributed by atoms with Gasteiger partial charge in [0.25, 0.3) is 0 Å². The lowest BCUT2D eigenvalue weighted by atomic mass is 10.0. The second-order valence-electron chi connectivity index (χ2n) is 7.50. The molecule has 0 saturated carbocycles. The maximum Gasteiger partial charge on any atom is 0.191 e. The standard InChI is InChI=1S/C22H32N4O2/c1-3-23-21(25-17-22(2,27)20-12-9-15-28-20)24-16-19(26-13-7-8-14-26)18-10-5-4-6-11-18/h4-6,9-12,15,19,27H,3,7-8,13-14,16-17H2,1-2H3,(H2,23,24,25). The maximum atomic E-state index is 10.7. The predicted molar refractivity (Wildman–Crippen MR) is 112 cm³/mol. The molecule has 0 amide bonds. The fourth-order valence-corrected chi connectivity index (χ4v) is 3.62. The summed E-state index contributed by atoms with van der Waals surface area (Å²) < 4.78 is 5.35. The molecule has 1 saturated heterocycles. The molecule has 6 nitrogen and oxygen atoms in total. The topological polar surface area (TPSA) is 73.0 Å². The number of nitrogens with zero attached hydrogens (tertiary/aromatic N) is 2. The van der Waals surface area contributed by atoms with Gasteiger partial charge in [-0.15, -0.1) is 0 Å². The molecule has 1 aliphatic rings. The molecule has 1 aliphatic heterocycles. The van der Waals surface area contributed by atoms with E-state index < -0.39 is 5.60 Å². The highest BCUT2D eigenvalue weighted by Gasteiger charge is 2.27. The van der Waals surface area contributed by atoms with E-state index in [0.717, 1.165) is 26.2 Å². The molecule has 0 radical (unpaired) electrons. The fourth-order valence-electron chi connectivity index (χ4n) is 3.62. The first-order valence-corrected chi connectivity index (χ1v) is 10.2. The predicted octanol–water partition coefficient (Wildman–Crippen LogP) is 2.88. The van der Waals surface area contributed by atoms with Crippen molar-refractivity contribution in [2.75, 3.05) is 32.7 Å². The van der Waals surface area contributed by atoms with E-state index >= 15 is 0 Å². The summed E-state index contributed by atoms with van der Waals surface area (Å²) >= 11 is 0. The summed E-state index contributed by atoms with van der Waals surface area (Å²) in [5, 5.41) is 17.4. The monoisotopic (exact) mass is 384 g/mol. The number of hydrogen-bond donors (Lipinski definition) is 3. The Bertz CT molecular complexity index is 722. The number of guanidine groups is 1. The van der Waals surface area contributed by atoms with Gasteiger partial charge in [0.2, 0.25) is 0 Å². The molecule has 2 heterocycles. The van der Waals surface area contributed by atoms with E-state index in [-0.39, 0.29) is 6.54 Å². The van der Waals surface area contributed by atoms with Crippen LogP contribution in [0.4, 0.5) is 0 Å². The Hall–Kier alpha value is -2.31. The molecule has 2 aromatic rings. The number of benzene rings is 1. The van der Waals surface area contributed by atoms with E-state index in [0.29, 0.717) is 17.8 Å². The van der Waals surface area contributed by atoms with Crippen molar-refractivity contribution in [3.8, 4) is 0 Å². The van der Waals surface area contributed by atoms with Gasteiger partial charge in [0.05, 0.1) is 18.8 Å². The summed E-state index contributed by atoms with van der Waals surface area (Å²) in [6.07, 6.45) is 4.07. The average Bonchev–Trinajstić information content (AvgIpc) is 3.41. The Morgan fingerprint density at radius 2 is 1.93 bits per heavy atom. The minimum atomic E-state index is -1.14. The molecular formula is C22H32N4O2. The average molecular weight is 385 g/mol. The van der Waals surface area contributed by atoms with Gasteiger partial charge in [-0.1, -0.05) is 30.3 Å². The highest BCUT2D eigenvalue weighted by molar-refractivity contribution is 5.79. The number of rotatable bonds is 8. The highest BCUT2D eigenvalue weighted by Crippen LogP contribution is 2.24. The third-order valence-electron chi connectivity index (χ3n) is 5.17. The van der Waals surface area contributed by atoms with E-state index in [2.05, 4.69) is 50.9 Å². The molecule has 0 spiro atoms. The third-order valence-corrected chi connectivity index (χ3v) is 5.17. The van der Waals surface area contributed by atoms with Crippen molar-refractivity contribution >= 4 is 5.96 Å². The zero-order valence-electron chi connectivity index (χ0n) is 16.9. The minimum Gasteiger partial charge on any atom is -0.466 e. The van der Waals surface area contributed by atoms with Crippen LogP contribution >= 0.6 is 0 Å². The Labute approximate surface area is 167 Å². The molecule has 0 bridgehead atoms. The Morgan fingerprint density at radius 1 is 1.18 bits per heavy atom. The van der Waals surface area contributed by atoms with E-state index in [1.165, 1.54) is 18.4 Å². The molecule has 0 aliphatic carbocycles. The number of furan rings is 1. The Morgan fingerprint density at radius 3 is 2.57 bits per heavy atom. The van der Waals surface area contributed by atoms with Crippen molar-refractivity contribution in [1.29, 1.82) is 0 Å². The molecule has 28 heavy (non-hydrogen) atoms. The molecule has 3 N–H and O–H groups in total. The van der Waals surface area contributed by atoms with Gasteiger partial charge in [-0.25, -0.2) is 4.99 Å². The summed E-state index contributed by atoms with van der Waals surface area (Å²) in [6.45, 7) is 7.75. The summed E-state index contributed by atoms with van der Waals surface area (Å²) in [5.74, 6) is 1.22. The molecule has 152 valence electrons. The Balaban J connectivity index is 1.68. The first kappa shape index (κ1) is 20.4. The SMILES string of the molecule is CCNC(=NCC(C)(O)c1ccco1)NCC(c1ccccc1)N1CCCC1. The third kappa shape index (κ3) is 5.36. The van der Waals surface area contributed by atoms with Crippen LogP contribution in [-0.2, 0) is 5.60 Å². The number of aliphatic imine (C=N–C) groups is 1. The zero-order valence-corrected chi connectivity index (χ0v) is 16.9. The number of hydrogen-bond acceptors (Lipinski definition) is 4. The highest BCUT2D eigenvalue weighted by atomic mass is 16.4. The van der Waals surface area contributed by atoms with Gasteiger partial charge in [0.1, 0.15) is 11.4 Å². The summed E-state index contributed by atoms with van der Waals surface area (Å²) in [5.41, 5.74) is 0.176. The Kier molecular flexibility index (Phi) is 7.12. The van der Waals surface area contributed by atoms with Gasteiger partial charge in [0, 0.05) is 13.1 Å². The van der Waals surface area contributed by atoms with Crippen LogP contribution in [0.5, 0.6) is 0 Å². The van der Waals surface area contributed by atoms with Crippen LogP contribution in [-0.4, -0.2) is 48.7 Å². The number of nitrogens with one attached hydrogen (secondary N) is 2. The molecule has 2 unspecified atom stereocenters. The molecule has 6 heteroatoms. The van der Waals surface area contributed by atoms with Gasteiger partial charge in [-0.3, -0.25) is 4.90 Å². The van der Waals surface area contributed by atoms with Gasteiger partial charge >= 0.3 is 0 Å². The second-order valence-corrected chi connectivity index (χ2v) is 7.50. The zero-order chi connectivity index (χ0) is 19.8. The largest absolute Gasteiger partial charge is 0.466 e. The van der Waals surface area contributed by atoms with Crippen molar-refractivity contribution in [3.63, 3.8) is 0 Å². The van der Waals surface area contributed by atoms with Crippen LogP contribution in [0.15, 0.2) is 58.1 Å². The van der Waals surface area contributed by atoms with Crippen LogP contribution in [0.25, 0.3) is 0 Å². The van der Waals surface area contributed by atoms with Crippen molar-refractivity contribution in [2.24, 2.45) is 4.99 Å². The first-order chi connectivity index (χ1) is 13.6. The van der Waals surface area contributed by atoms with E-state index in [1.54, 1.807) is 25.3 Å². The van der Waals surface area contributed by atoms with Gasteiger partial charge in [0.15, 0.2) is 5.96 Å².